The first-order valence-electron chi connectivity index (χ1n) is 8.09. The van der Waals surface area contributed by atoms with E-state index in [2.05, 4.69) is 55.1 Å². The molecule has 3 rings (SSSR count). The van der Waals surface area contributed by atoms with Gasteiger partial charge >= 0.3 is 0 Å². The molecule has 0 unspecified atom stereocenters. The molecule has 0 saturated carbocycles. The first kappa shape index (κ1) is 17.0. The standard InChI is InChI=1S/C19H24N2O2S/c1-13(11-20(2)3)12-21-14-7-5-6-8-18(14)24-19-10-16(22)17(23-4)9-15(19)21/h5-10,13,22H,11-12H2,1-4H3/t13-/m1/s1. The molecule has 128 valence electrons. The molecule has 24 heavy (non-hydrogen) atoms. The Morgan fingerprint density at radius 2 is 1.92 bits per heavy atom. The van der Waals surface area contributed by atoms with Crippen molar-refractivity contribution in [3.05, 3.63) is 36.4 Å². The molecule has 5 heteroatoms. The fourth-order valence-corrected chi connectivity index (χ4v) is 4.31. The van der Waals surface area contributed by atoms with E-state index in [1.807, 2.05) is 6.07 Å². The molecule has 0 aliphatic carbocycles. The van der Waals surface area contributed by atoms with E-state index >= 15 is 0 Å². The van der Waals surface area contributed by atoms with Crippen LogP contribution < -0.4 is 9.64 Å². The minimum Gasteiger partial charge on any atom is -0.504 e. The molecule has 1 aliphatic heterocycles. The van der Waals surface area contributed by atoms with Gasteiger partial charge in [0.25, 0.3) is 0 Å². The predicted molar refractivity (Wildman–Crippen MR) is 99.9 cm³/mol. The van der Waals surface area contributed by atoms with Crippen molar-refractivity contribution in [1.82, 2.24) is 4.90 Å². The average Bonchev–Trinajstić information content (AvgIpc) is 2.53. The summed E-state index contributed by atoms with van der Waals surface area (Å²) in [5.41, 5.74) is 2.31. The third-order valence-electron chi connectivity index (χ3n) is 4.10. The summed E-state index contributed by atoms with van der Waals surface area (Å²) in [7, 11) is 5.79. The van der Waals surface area contributed by atoms with Crippen LogP contribution in [0, 0.1) is 5.92 Å². The molecule has 0 bridgehead atoms. The highest BCUT2D eigenvalue weighted by molar-refractivity contribution is 7.99. The highest BCUT2D eigenvalue weighted by atomic mass is 32.2. The third-order valence-corrected chi connectivity index (χ3v) is 5.21. The van der Waals surface area contributed by atoms with Gasteiger partial charge in [0.15, 0.2) is 11.5 Å². The number of phenolic OH excluding ortho intramolecular Hbond substituents is 1. The number of fused-ring (bicyclic) bond motifs is 2. The van der Waals surface area contributed by atoms with Crippen LogP contribution in [-0.4, -0.2) is 44.3 Å². The minimum atomic E-state index is 0.185. The Balaban J connectivity index is 2.03. The molecule has 1 heterocycles. The molecule has 1 aliphatic rings. The second-order valence-electron chi connectivity index (χ2n) is 6.54. The van der Waals surface area contributed by atoms with Gasteiger partial charge in [-0.3, -0.25) is 0 Å². The zero-order chi connectivity index (χ0) is 17.3. The van der Waals surface area contributed by atoms with E-state index in [1.54, 1.807) is 24.9 Å². The molecule has 0 amide bonds. The van der Waals surface area contributed by atoms with Crippen molar-refractivity contribution in [3.63, 3.8) is 0 Å². The summed E-state index contributed by atoms with van der Waals surface area (Å²) in [5.74, 6) is 1.20. The van der Waals surface area contributed by atoms with Gasteiger partial charge in [0.2, 0.25) is 0 Å². The fraction of sp³-hybridized carbons (Fsp3) is 0.368. The van der Waals surface area contributed by atoms with E-state index in [1.165, 1.54) is 10.6 Å². The van der Waals surface area contributed by atoms with Crippen molar-refractivity contribution < 1.29 is 9.84 Å². The maximum absolute atomic E-state index is 10.1. The summed E-state index contributed by atoms with van der Waals surface area (Å²) in [6.07, 6.45) is 0. The molecular weight excluding hydrogens is 320 g/mol. The number of methoxy groups -OCH3 is 1. The van der Waals surface area contributed by atoms with Gasteiger partial charge in [-0.2, -0.15) is 0 Å². The molecule has 1 N–H and O–H groups in total. The number of ether oxygens (including phenoxy) is 1. The summed E-state index contributed by atoms with van der Waals surface area (Å²) >= 11 is 1.69. The first-order valence-corrected chi connectivity index (χ1v) is 8.91. The Morgan fingerprint density at radius 3 is 2.62 bits per heavy atom. The normalized spacial score (nSPS) is 14.3. The molecule has 0 spiro atoms. The van der Waals surface area contributed by atoms with Crippen LogP contribution in [0.5, 0.6) is 11.5 Å². The minimum absolute atomic E-state index is 0.185. The van der Waals surface area contributed by atoms with Crippen molar-refractivity contribution in [2.24, 2.45) is 5.92 Å². The van der Waals surface area contributed by atoms with E-state index in [0.29, 0.717) is 11.7 Å². The summed E-state index contributed by atoms with van der Waals surface area (Å²) in [6, 6.07) is 12.2. The molecule has 1 atom stereocenters. The zero-order valence-electron chi connectivity index (χ0n) is 14.6. The lowest BCUT2D eigenvalue weighted by Gasteiger charge is -2.35. The number of hydrogen-bond acceptors (Lipinski definition) is 5. The number of rotatable bonds is 5. The van der Waals surface area contributed by atoms with Crippen molar-refractivity contribution >= 4 is 23.1 Å². The van der Waals surface area contributed by atoms with Gasteiger partial charge in [-0.15, -0.1) is 0 Å². The largest absolute Gasteiger partial charge is 0.504 e. The van der Waals surface area contributed by atoms with E-state index in [4.69, 9.17) is 4.74 Å². The lowest BCUT2D eigenvalue weighted by molar-refractivity contribution is 0.342. The third kappa shape index (κ3) is 3.32. The second-order valence-corrected chi connectivity index (χ2v) is 7.62. The SMILES string of the molecule is COc1cc2c(cc1O)Sc1ccccc1N2C[C@H](C)CN(C)C. The van der Waals surface area contributed by atoms with Crippen LogP contribution in [0.25, 0.3) is 0 Å². The molecule has 0 radical (unpaired) electrons. The van der Waals surface area contributed by atoms with Gasteiger partial charge < -0.3 is 19.6 Å². The van der Waals surface area contributed by atoms with Crippen LogP contribution in [0.15, 0.2) is 46.2 Å². The van der Waals surface area contributed by atoms with E-state index in [-0.39, 0.29) is 5.75 Å². The molecular formula is C19H24N2O2S. The fourth-order valence-electron chi connectivity index (χ4n) is 3.20. The van der Waals surface area contributed by atoms with Crippen molar-refractivity contribution in [3.8, 4) is 11.5 Å². The molecule has 0 fully saturated rings. The highest BCUT2D eigenvalue weighted by Crippen LogP contribution is 2.51. The van der Waals surface area contributed by atoms with E-state index in [9.17, 15) is 5.11 Å². The van der Waals surface area contributed by atoms with Gasteiger partial charge in [0.05, 0.1) is 18.5 Å². The Kier molecular flexibility index (Phi) is 4.92. The maximum atomic E-state index is 10.1. The second kappa shape index (κ2) is 6.95. The molecule has 0 aromatic heterocycles. The molecule has 0 saturated heterocycles. The van der Waals surface area contributed by atoms with Crippen LogP contribution in [0.4, 0.5) is 11.4 Å². The summed E-state index contributed by atoms with van der Waals surface area (Å²) in [4.78, 5) is 6.83. The Hall–Kier alpha value is -1.85. The number of anilines is 2. The number of hydrogen-bond donors (Lipinski definition) is 1. The Labute approximate surface area is 148 Å². The van der Waals surface area contributed by atoms with Crippen molar-refractivity contribution in [2.45, 2.75) is 16.7 Å². The van der Waals surface area contributed by atoms with Gasteiger partial charge in [-0.25, -0.2) is 0 Å². The van der Waals surface area contributed by atoms with Crippen LogP contribution in [0.2, 0.25) is 0 Å². The quantitative estimate of drug-likeness (QED) is 0.879. The Bertz CT molecular complexity index is 733. The van der Waals surface area contributed by atoms with Crippen molar-refractivity contribution in [2.75, 3.05) is 39.2 Å². The van der Waals surface area contributed by atoms with Crippen LogP contribution in [0.3, 0.4) is 0 Å². The van der Waals surface area contributed by atoms with Crippen molar-refractivity contribution in [1.29, 1.82) is 0 Å². The monoisotopic (exact) mass is 344 g/mol. The van der Waals surface area contributed by atoms with E-state index in [0.717, 1.165) is 23.7 Å². The maximum Gasteiger partial charge on any atom is 0.162 e. The number of aromatic hydroxyl groups is 1. The van der Waals surface area contributed by atoms with Gasteiger partial charge in [-0.05, 0) is 38.2 Å². The summed E-state index contributed by atoms with van der Waals surface area (Å²) < 4.78 is 5.32. The number of benzene rings is 2. The topological polar surface area (TPSA) is 35.9 Å². The average molecular weight is 344 g/mol. The van der Waals surface area contributed by atoms with Gasteiger partial charge in [-0.1, -0.05) is 30.8 Å². The molecule has 2 aromatic carbocycles. The highest BCUT2D eigenvalue weighted by Gasteiger charge is 2.26. The number of para-hydroxylation sites is 1. The lowest BCUT2D eigenvalue weighted by atomic mass is 10.1. The first-order chi connectivity index (χ1) is 11.5. The van der Waals surface area contributed by atoms with E-state index < -0.39 is 0 Å². The smallest absolute Gasteiger partial charge is 0.162 e. The lowest BCUT2D eigenvalue weighted by Crippen LogP contribution is -2.31. The number of nitrogens with zero attached hydrogens (tertiary/aromatic N) is 2. The zero-order valence-corrected chi connectivity index (χ0v) is 15.4. The number of phenols is 1. The van der Waals surface area contributed by atoms with Gasteiger partial charge in [0.1, 0.15) is 0 Å². The van der Waals surface area contributed by atoms with Crippen LogP contribution in [0.1, 0.15) is 6.92 Å². The summed E-state index contributed by atoms with van der Waals surface area (Å²) in [6.45, 7) is 4.20. The van der Waals surface area contributed by atoms with Crippen LogP contribution >= 0.6 is 11.8 Å². The molecule has 4 nitrogen and oxygen atoms in total. The Morgan fingerprint density at radius 1 is 1.17 bits per heavy atom. The predicted octanol–water partition coefficient (Wildman–Crippen LogP) is 4.20. The molecule has 2 aromatic rings. The van der Waals surface area contributed by atoms with Crippen LogP contribution in [-0.2, 0) is 0 Å². The van der Waals surface area contributed by atoms with Gasteiger partial charge in [0, 0.05) is 28.9 Å². The summed E-state index contributed by atoms with van der Waals surface area (Å²) in [5, 5.41) is 10.1.